The molecule has 0 saturated carbocycles. The molecule has 1 heterocycles. The van der Waals surface area contributed by atoms with Crippen LogP contribution in [0.15, 0.2) is 24.3 Å². The molecule has 1 aromatic rings. The lowest BCUT2D eigenvalue weighted by Gasteiger charge is -2.38. The van der Waals surface area contributed by atoms with Crippen molar-refractivity contribution >= 4 is 13.7 Å². The van der Waals surface area contributed by atoms with E-state index in [1.807, 2.05) is 24.3 Å². The topological polar surface area (TPSA) is 131 Å². The van der Waals surface area contributed by atoms with Gasteiger partial charge < -0.3 is 25.6 Å². The summed E-state index contributed by atoms with van der Waals surface area (Å²) in [5.74, 6) is 0.820. The number of hydrogen-bond donors (Lipinski definition) is 3. The zero-order valence-corrected chi connectivity index (χ0v) is 18.9. The Balaban J connectivity index is 0.00000450. The zero-order valence-electron chi connectivity index (χ0n) is 18.0. The Hall–Kier alpha value is -1.44. The van der Waals surface area contributed by atoms with E-state index in [9.17, 15) is 9.36 Å². The van der Waals surface area contributed by atoms with Crippen LogP contribution in [0, 0.1) is 0 Å². The molecular weight excluding hydrogens is 407 g/mol. The summed E-state index contributed by atoms with van der Waals surface area (Å²) in [6, 6.07) is 7.83. The molecule has 5 N–H and O–H groups in total. The van der Waals surface area contributed by atoms with Gasteiger partial charge >= 0.3 is 7.82 Å². The summed E-state index contributed by atoms with van der Waals surface area (Å²) < 4.78 is 21.1. The number of likely N-dealkylation sites (tertiary alicyclic amines) is 1. The summed E-state index contributed by atoms with van der Waals surface area (Å²) in [6.07, 6.45) is 9.23. The molecule has 2 rings (SSSR count). The van der Waals surface area contributed by atoms with Gasteiger partial charge in [0.1, 0.15) is 11.9 Å². The Morgan fingerprint density at radius 3 is 2.27 bits per heavy atom. The Morgan fingerprint density at radius 2 is 1.67 bits per heavy atom. The van der Waals surface area contributed by atoms with Crippen LogP contribution in [0.5, 0.6) is 5.75 Å². The van der Waals surface area contributed by atoms with Gasteiger partial charge in [0.05, 0.1) is 6.61 Å². The van der Waals surface area contributed by atoms with Crippen molar-refractivity contribution in [1.82, 2.24) is 11.1 Å². The van der Waals surface area contributed by atoms with Crippen LogP contribution in [0.2, 0.25) is 0 Å². The number of hydrogen-bond acceptors (Lipinski definition) is 5. The minimum absolute atomic E-state index is 0. The highest BCUT2D eigenvalue weighted by Crippen LogP contribution is 2.39. The van der Waals surface area contributed by atoms with Crippen LogP contribution in [-0.4, -0.2) is 46.4 Å². The average molecular weight is 445 g/mol. The lowest BCUT2D eigenvalue weighted by atomic mass is 10.1. The number of benzene rings is 1. The van der Waals surface area contributed by atoms with Crippen LogP contribution in [0.1, 0.15) is 63.9 Å². The Kier molecular flexibility index (Phi) is 12.2. The largest absolute Gasteiger partial charge is 0.494 e. The van der Waals surface area contributed by atoms with Crippen LogP contribution in [0.4, 0.5) is 0 Å². The third-order valence-corrected chi connectivity index (χ3v) is 5.63. The third kappa shape index (κ3) is 10.5. The number of amides is 1. The van der Waals surface area contributed by atoms with E-state index in [-0.39, 0.29) is 25.1 Å². The molecule has 0 aliphatic carbocycles. The van der Waals surface area contributed by atoms with Crippen molar-refractivity contribution in [3.05, 3.63) is 29.8 Å². The fourth-order valence-corrected chi connectivity index (χ4v) is 3.84. The van der Waals surface area contributed by atoms with Gasteiger partial charge in [-0.05, 0) is 30.5 Å². The van der Waals surface area contributed by atoms with Crippen molar-refractivity contribution in [3.63, 3.8) is 0 Å². The third-order valence-electron chi connectivity index (χ3n) is 5.05. The van der Waals surface area contributed by atoms with Gasteiger partial charge in [-0.3, -0.25) is 9.32 Å². The van der Waals surface area contributed by atoms with E-state index in [2.05, 4.69) is 11.4 Å². The summed E-state index contributed by atoms with van der Waals surface area (Å²) in [4.78, 5) is 31.2. The van der Waals surface area contributed by atoms with Crippen molar-refractivity contribution < 1.29 is 28.4 Å². The molecule has 0 atom stereocenters. The molecule has 8 nitrogen and oxygen atoms in total. The van der Waals surface area contributed by atoms with Crippen molar-refractivity contribution in [3.8, 4) is 5.75 Å². The quantitative estimate of drug-likeness (QED) is 0.289. The van der Waals surface area contributed by atoms with Crippen molar-refractivity contribution in [2.75, 3.05) is 19.7 Å². The van der Waals surface area contributed by atoms with Gasteiger partial charge in [-0.25, -0.2) is 4.57 Å². The predicted octanol–water partition coefficient (Wildman–Crippen LogP) is 4.23. The highest BCUT2D eigenvalue weighted by molar-refractivity contribution is 7.46. The number of phosphoric ester groups is 1. The number of aryl methyl sites for hydroxylation is 1. The smallest absolute Gasteiger partial charge is 0.469 e. The van der Waals surface area contributed by atoms with Crippen LogP contribution in [-0.2, 0) is 20.3 Å². The SMILES string of the molecule is CCCCCCCCCOc1ccc(CCC(=O)N2CC(OP(=O)(O)O)C2)cc1.N. The standard InChI is InChI=1S/C21H34NO6P.H3N/c1-2-3-4-5-6-7-8-15-27-19-12-9-18(10-13-19)11-14-21(23)22-16-20(17-22)28-29(24,25)26;/h9-10,12-13,20H,2-8,11,14-17H2,1H3,(H2,24,25,26);1H3. The fourth-order valence-electron chi connectivity index (χ4n) is 3.31. The molecule has 9 heteroatoms. The molecule has 0 spiro atoms. The minimum atomic E-state index is -4.48. The molecule has 0 aromatic heterocycles. The normalized spacial score (nSPS) is 14.2. The van der Waals surface area contributed by atoms with E-state index >= 15 is 0 Å². The highest BCUT2D eigenvalue weighted by atomic mass is 31.2. The second kappa shape index (κ2) is 13.8. The molecule has 1 aliphatic heterocycles. The summed E-state index contributed by atoms with van der Waals surface area (Å²) in [5.41, 5.74) is 1.06. The molecule has 30 heavy (non-hydrogen) atoms. The number of rotatable bonds is 14. The zero-order chi connectivity index (χ0) is 21.1. The predicted molar refractivity (Wildman–Crippen MR) is 117 cm³/mol. The van der Waals surface area contributed by atoms with Gasteiger partial charge in [0.15, 0.2) is 0 Å². The van der Waals surface area contributed by atoms with E-state index in [4.69, 9.17) is 14.5 Å². The average Bonchev–Trinajstić information content (AvgIpc) is 2.65. The molecule has 1 amide bonds. The lowest BCUT2D eigenvalue weighted by Crippen LogP contribution is -2.54. The van der Waals surface area contributed by atoms with Gasteiger partial charge in [0.2, 0.25) is 5.91 Å². The Bertz CT molecular complexity index is 658. The maximum absolute atomic E-state index is 12.1. The summed E-state index contributed by atoms with van der Waals surface area (Å²) >= 11 is 0. The summed E-state index contributed by atoms with van der Waals surface area (Å²) in [5, 5.41) is 0. The van der Waals surface area contributed by atoms with E-state index in [0.29, 0.717) is 12.8 Å². The maximum atomic E-state index is 12.1. The Morgan fingerprint density at radius 1 is 1.07 bits per heavy atom. The van der Waals surface area contributed by atoms with Gasteiger partial charge in [-0.15, -0.1) is 0 Å². The second-order valence-corrected chi connectivity index (χ2v) is 8.82. The first-order chi connectivity index (χ1) is 13.9. The Labute approximate surface area is 179 Å². The monoisotopic (exact) mass is 444 g/mol. The number of ether oxygens (including phenoxy) is 1. The second-order valence-electron chi connectivity index (χ2n) is 7.63. The van der Waals surface area contributed by atoms with Crippen LogP contribution >= 0.6 is 7.82 Å². The first kappa shape index (κ1) is 26.6. The first-order valence-corrected chi connectivity index (χ1v) is 12.1. The van der Waals surface area contributed by atoms with E-state index < -0.39 is 13.9 Å². The van der Waals surface area contributed by atoms with E-state index in [0.717, 1.165) is 24.3 Å². The first-order valence-electron chi connectivity index (χ1n) is 10.6. The van der Waals surface area contributed by atoms with Crippen LogP contribution < -0.4 is 10.9 Å². The van der Waals surface area contributed by atoms with Crippen LogP contribution in [0.25, 0.3) is 0 Å². The number of nitrogens with zero attached hydrogens (tertiary/aromatic N) is 1. The molecule has 1 aromatic carbocycles. The van der Waals surface area contributed by atoms with Crippen LogP contribution in [0.3, 0.4) is 0 Å². The minimum Gasteiger partial charge on any atom is -0.494 e. The van der Waals surface area contributed by atoms with Crippen molar-refractivity contribution in [2.45, 2.75) is 70.8 Å². The molecular formula is C21H37N2O6P. The lowest BCUT2D eigenvalue weighted by molar-refractivity contribution is -0.140. The number of carbonyl (C=O) groups is 1. The van der Waals surface area contributed by atoms with Gasteiger partial charge in [-0.1, -0.05) is 57.6 Å². The molecule has 0 bridgehead atoms. The van der Waals surface area contributed by atoms with Gasteiger partial charge in [-0.2, -0.15) is 0 Å². The number of unbranched alkanes of at least 4 members (excludes halogenated alkanes) is 6. The van der Waals surface area contributed by atoms with Crippen molar-refractivity contribution in [2.24, 2.45) is 0 Å². The van der Waals surface area contributed by atoms with E-state index in [1.54, 1.807) is 4.90 Å². The molecule has 1 saturated heterocycles. The number of carbonyl (C=O) groups excluding carboxylic acids is 1. The van der Waals surface area contributed by atoms with Gasteiger partial charge in [0, 0.05) is 19.5 Å². The van der Waals surface area contributed by atoms with Crippen molar-refractivity contribution in [1.29, 1.82) is 0 Å². The molecule has 172 valence electrons. The molecule has 0 radical (unpaired) electrons. The fraction of sp³-hybridized carbons (Fsp3) is 0.667. The molecule has 1 aliphatic rings. The maximum Gasteiger partial charge on any atom is 0.469 e. The van der Waals surface area contributed by atoms with Gasteiger partial charge in [0.25, 0.3) is 0 Å². The highest BCUT2D eigenvalue weighted by Gasteiger charge is 2.35. The number of phosphoric acid groups is 1. The summed E-state index contributed by atoms with van der Waals surface area (Å²) in [6.45, 7) is 3.43. The molecule has 1 fully saturated rings. The van der Waals surface area contributed by atoms with E-state index in [1.165, 1.54) is 38.5 Å². The molecule has 0 unspecified atom stereocenters. The summed E-state index contributed by atoms with van der Waals surface area (Å²) in [7, 11) is -4.48.